The van der Waals surface area contributed by atoms with E-state index in [1.165, 1.54) is 0 Å². The molecule has 30 heavy (non-hydrogen) atoms. The van der Waals surface area contributed by atoms with Crippen LogP contribution < -0.4 is 0 Å². The summed E-state index contributed by atoms with van der Waals surface area (Å²) in [5, 5.41) is 9.05. The highest BCUT2D eigenvalue weighted by molar-refractivity contribution is 5.73. The van der Waals surface area contributed by atoms with Crippen LogP contribution in [0, 0.1) is 23.7 Å². The minimum atomic E-state index is -0.715. The zero-order valence-corrected chi connectivity index (χ0v) is 18.4. The Hall–Kier alpha value is -1.22. The van der Waals surface area contributed by atoms with Crippen LogP contribution in [0.3, 0.4) is 0 Å². The highest BCUT2D eigenvalue weighted by atomic mass is 16.7. The van der Waals surface area contributed by atoms with Crippen LogP contribution in [0.1, 0.15) is 59.3 Å². The van der Waals surface area contributed by atoms with Gasteiger partial charge in [0.05, 0.1) is 44.9 Å². The zero-order chi connectivity index (χ0) is 21.8. The summed E-state index contributed by atoms with van der Waals surface area (Å²) in [5.41, 5.74) is 0. The molecule has 8 nitrogen and oxygen atoms in total. The van der Waals surface area contributed by atoms with Gasteiger partial charge in [0.2, 0.25) is 0 Å². The molecule has 4 fully saturated rings. The molecule has 4 aliphatic rings. The molecule has 0 aromatic carbocycles. The fourth-order valence-corrected chi connectivity index (χ4v) is 5.39. The molecule has 0 radical (unpaired) electrons. The maximum atomic E-state index is 11.8. The summed E-state index contributed by atoms with van der Waals surface area (Å²) in [5.74, 6) is -1.68. The van der Waals surface area contributed by atoms with Crippen molar-refractivity contribution in [3.05, 3.63) is 0 Å². The second-order valence-corrected chi connectivity index (χ2v) is 8.67. The molecule has 0 amide bonds. The van der Waals surface area contributed by atoms with Gasteiger partial charge in [0.1, 0.15) is 0 Å². The molecule has 2 spiro atoms. The fraction of sp³-hybridized carbons (Fsp3) is 0.909. The number of carbonyl (C=O) groups is 2. The second kappa shape index (κ2) is 9.94. The molecule has 0 aromatic heterocycles. The Bertz CT molecular complexity index is 594. The lowest BCUT2D eigenvalue weighted by atomic mass is 9.94. The molecule has 4 rings (SSSR count). The lowest BCUT2D eigenvalue weighted by Crippen LogP contribution is -2.27. The minimum Gasteiger partial charge on any atom is -0.481 e. The Morgan fingerprint density at radius 2 is 1.23 bits per heavy atom. The minimum absolute atomic E-state index is 0.0527. The van der Waals surface area contributed by atoms with Crippen molar-refractivity contribution in [2.75, 3.05) is 33.0 Å². The average Bonchev–Trinajstić information content (AvgIpc) is 3.52. The van der Waals surface area contributed by atoms with Crippen molar-refractivity contribution in [2.24, 2.45) is 23.7 Å². The summed E-state index contributed by atoms with van der Waals surface area (Å²) in [6.45, 7) is 8.90. The molecule has 1 N–H and O–H groups in total. The van der Waals surface area contributed by atoms with E-state index in [9.17, 15) is 9.59 Å². The van der Waals surface area contributed by atoms with Gasteiger partial charge in [-0.15, -0.1) is 0 Å². The monoisotopic (exact) mass is 428 g/mol. The fourth-order valence-electron chi connectivity index (χ4n) is 5.39. The molecular weight excluding hydrogens is 392 g/mol. The first kappa shape index (κ1) is 23.4. The molecule has 4 unspecified atom stereocenters. The van der Waals surface area contributed by atoms with Crippen LogP contribution in [0.2, 0.25) is 0 Å². The summed E-state index contributed by atoms with van der Waals surface area (Å²) in [7, 11) is 0. The van der Waals surface area contributed by atoms with Crippen molar-refractivity contribution < 1.29 is 38.4 Å². The van der Waals surface area contributed by atoms with Crippen molar-refractivity contribution >= 4 is 11.9 Å². The lowest BCUT2D eigenvalue weighted by Gasteiger charge is -2.21. The van der Waals surface area contributed by atoms with Gasteiger partial charge in [-0.2, -0.15) is 0 Å². The summed E-state index contributed by atoms with van der Waals surface area (Å²) >= 11 is 0. The SMILES string of the molecule is CCC1CC2(CC1C(=O)O)OCCO2.CCOC(=O)C1CC2(CC1CC)OCCO2. The van der Waals surface area contributed by atoms with Gasteiger partial charge in [-0.3, -0.25) is 9.59 Å². The Morgan fingerprint density at radius 3 is 1.60 bits per heavy atom. The topological polar surface area (TPSA) is 101 Å². The van der Waals surface area contributed by atoms with Crippen molar-refractivity contribution in [1.29, 1.82) is 0 Å². The number of aliphatic carboxylic acids is 1. The van der Waals surface area contributed by atoms with E-state index in [0.29, 0.717) is 51.8 Å². The van der Waals surface area contributed by atoms with Crippen molar-refractivity contribution in [3.8, 4) is 0 Å². The summed E-state index contributed by atoms with van der Waals surface area (Å²) in [6.07, 6.45) is 4.59. The first-order valence-corrected chi connectivity index (χ1v) is 11.3. The average molecular weight is 429 g/mol. The van der Waals surface area contributed by atoms with Crippen LogP contribution in [-0.4, -0.2) is 61.7 Å². The number of carboxylic acid groups (broad SMARTS) is 1. The van der Waals surface area contributed by atoms with Gasteiger partial charge in [0.25, 0.3) is 0 Å². The Labute approximate surface area is 178 Å². The van der Waals surface area contributed by atoms with Crippen molar-refractivity contribution in [3.63, 3.8) is 0 Å². The van der Waals surface area contributed by atoms with Crippen LogP contribution in [0.5, 0.6) is 0 Å². The highest BCUT2D eigenvalue weighted by Crippen LogP contribution is 2.47. The molecule has 4 atom stereocenters. The van der Waals surface area contributed by atoms with Gasteiger partial charge in [0, 0.05) is 25.7 Å². The largest absolute Gasteiger partial charge is 0.481 e. The number of carboxylic acids is 1. The number of esters is 1. The smallest absolute Gasteiger partial charge is 0.309 e. The molecule has 172 valence electrons. The normalized spacial score (nSPS) is 33.6. The third kappa shape index (κ3) is 4.98. The van der Waals surface area contributed by atoms with Gasteiger partial charge in [0.15, 0.2) is 11.6 Å². The standard InChI is InChI=1S/C12H20O4.C10H16O4/c1-3-9-7-12(15-5-6-16-12)8-10(9)11(13)14-4-2;1-2-7-5-10(13-3-4-14-10)6-8(7)9(11)12/h9-10H,3-8H2,1-2H3;7-8H,2-6H2,1H3,(H,11,12). The molecule has 2 saturated heterocycles. The molecule has 0 bridgehead atoms. The van der Waals surface area contributed by atoms with Crippen LogP contribution in [0.15, 0.2) is 0 Å². The van der Waals surface area contributed by atoms with E-state index in [0.717, 1.165) is 25.7 Å². The zero-order valence-electron chi connectivity index (χ0n) is 18.4. The van der Waals surface area contributed by atoms with E-state index in [-0.39, 0.29) is 23.7 Å². The van der Waals surface area contributed by atoms with E-state index < -0.39 is 17.5 Å². The number of ether oxygens (including phenoxy) is 5. The number of hydrogen-bond donors (Lipinski definition) is 1. The third-order valence-electron chi connectivity index (χ3n) is 6.93. The van der Waals surface area contributed by atoms with E-state index >= 15 is 0 Å². The van der Waals surface area contributed by atoms with Crippen LogP contribution >= 0.6 is 0 Å². The molecule has 2 aliphatic heterocycles. The van der Waals surface area contributed by atoms with Gasteiger partial charge < -0.3 is 28.8 Å². The number of carbonyl (C=O) groups excluding carboxylic acids is 1. The van der Waals surface area contributed by atoms with Crippen LogP contribution in [0.4, 0.5) is 0 Å². The van der Waals surface area contributed by atoms with E-state index in [1.807, 2.05) is 13.8 Å². The van der Waals surface area contributed by atoms with Crippen molar-refractivity contribution in [2.45, 2.75) is 70.9 Å². The first-order chi connectivity index (χ1) is 14.4. The van der Waals surface area contributed by atoms with E-state index in [2.05, 4.69) is 6.92 Å². The molecule has 8 heteroatoms. The quantitative estimate of drug-likeness (QED) is 0.667. The van der Waals surface area contributed by atoms with Crippen molar-refractivity contribution in [1.82, 2.24) is 0 Å². The van der Waals surface area contributed by atoms with Gasteiger partial charge in [-0.25, -0.2) is 0 Å². The Balaban J connectivity index is 0.000000172. The van der Waals surface area contributed by atoms with E-state index in [4.69, 9.17) is 28.8 Å². The maximum Gasteiger partial charge on any atom is 0.309 e. The maximum absolute atomic E-state index is 11.8. The van der Waals surface area contributed by atoms with Gasteiger partial charge in [-0.1, -0.05) is 26.7 Å². The first-order valence-electron chi connectivity index (χ1n) is 11.3. The summed E-state index contributed by atoms with van der Waals surface area (Å²) in [6, 6.07) is 0. The summed E-state index contributed by atoms with van der Waals surface area (Å²) < 4.78 is 27.5. The summed E-state index contributed by atoms with van der Waals surface area (Å²) in [4.78, 5) is 22.8. The molecular formula is C22H36O8. The lowest BCUT2D eigenvalue weighted by molar-refractivity contribution is -0.162. The Kier molecular flexibility index (Phi) is 7.76. The third-order valence-corrected chi connectivity index (χ3v) is 6.93. The molecule has 2 aliphatic carbocycles. The molecule has 2 saturated carbocycles. The molecule has 0 aromatic rings. The van der Waals surface area contributed by atoms with Crippen LogP contribution in [-0.2, 0) is 33.3 Å². The molecule has 2 heterocycles. The highest BCUT2D eigenvalue weighted by Gasteiger charge is 2.52. The predicted molar refractivity (Wildman–Crippen MR) is 107 cm³/mol. The Morgan fingerprint density at radius 1 is 0.800 bits per heavy atom. The van der Waals surface area contributed by atoms with E-state index in [1.54, 1.807) is 0 Å². The van der Waals surface area contributed by atoms with Gasteiger partial charge in [-0.05, 0) is 18.8 Å². The number of hydrogen-bond acceptors (Lipinski definition) is 7. The van der Waals surface area contributed by atoms with Gasteiger partial charge >= 0.3 is 11.9 Å². The number of rotatable bonds is 5. The van der Waals surface area contributed by atoms with Crippen LogP contribution in [0.25, 0.3) is 0 Å². The predicted octanol–water partition coefficient (Wildman–Crippen LogP) is 2.98. The second-order valence-electron chi connectivity index (χ2n) is 8.67.